The molecule has 1 saturated heterocycles. The molecular formula is C15H23Cl2N5O2. The van der Waals surface area contributed by atoms with Crippen molar-refractivity contribution >= 4 is 36.4 Å². The Bertz CT molecular complexity index is 653. The number of nitrogens with zero attached hydrogens (tertiary/aromatic N) is 3. The Morgan fingerprint density at radius 3 is 2.88 bits per heavy atom. The number of aromatic nitrogens is 3. The molecule has 0 atom stereocenters. The van der Waals surface area contributed by atoms with E-state index >= 15 is 0 Å². The molecule has 0 spiro atoms. The Labute approximate surface area is 153 Å². The van der Waals surface area contributed by atoms with Crippen LogP contribution in [0.2, 0.25) is 0 Å². The molecule has 0 aromatic carbocycles. The van der Waals surface area contributed by atoms with Crippen LogP contribution < -0.4 is 10.6 Å². The van der Waals surface area contributed by atoms with Crippen LogP contribution in [0, 0.1) is 5.41 Å². The summed E-state index contributed by atoms with van der Waals surface area (Å²) in [4.78, 5) is 16.7. The van der Waals surface area contributed by atoms with Crippen LogP contribution in [-0.2, 0) is 4.74 Å². The minimum Gasteiger partial charge on any atom is -0.384 e. The van der Waals surface area contributed by atoms with Gasteiger partial charge in [0.1, 0.15) is 5.56 Å². The van der Waals surface area contributed by atoms with Gasteiger partial charge in [0.15, 0.2) is 5.65 Å². The van der Waals surface area contributed by atoms with Crippen LogP contribution in [0.3, 0.4) is 0 Å². The standard InChI is InChI=1S/C15H21N5O2.2ClH/c1-22-11-15(3-6-16-7-4-15)10-18-14(21)12-9-19-20-8-2-5-17-13(12)20;;/h2,5,8-9,16H,3-4,6-7,10-11H2,1H3,(H,18,21);2*1H. The number of rotatable bonds is 5. The molecule has 0 radical (unpaired) electrons. The molecule has 24 heavy (non-hydrogen) atoms. The molecule has 3 heterocycles. The first-order valence-corrected chi connectivity index (χ1v) is 7.50. The smallest absolute Gasteiger partial charge is 0.256 e. The molecule has 3 rings (SSSR count). The third kappa shape index (κ3) is 4.36. The number of carbonyl (C=O) groups is 1. The van der Waals surface area contributed by atoms with Crippen molar-refractivity contribution in [3.63, 3.8) is 0 Å². The third-order valence-corrected chi connectivity index (χ3v) is 4.26. The number of carbonyl (C=O) groups excluding carboxylic acids is 1. The maximum atomic E-state index is 12.4. The van der Waals surface area contributed by atoms with Crippen molar-refractivity contribution in [2.24, 2.45) is 5.41 Å². The first-order chi connectivity index (χ1) is 10.7. The minimum atomic E-state index is -0.136. The van der Waals surface area contributed by atoms with E-state index in [9.17, 15) is 4.79 Å². The van der Waals surface area contributed by atoms with E-state index < -0.39 is 0 Å². The fraction of sp³-hybridized carbons (Fsp3) is 0.533. The van der Waals surface area contributed by atoms with Gasteiger partial charge in [0, 0.05) is 31.5 Å². The zero-order valence-electron chi connectivity index (χ0n) is 13.5. The molecular weight excluding hydrogens is 353 g/mol. The van der Waals surface area contributed by atoms with E-state index in [1.165, 1.54) is 0 Å². The lowest BCUT2D eigenvalue weighted by molar-refractivity contribution is 0.0512. The van der Waals surface area contributed by atoms with Crippen LogP contribution in [0.5, 0.6) is 0 Å². The van der Waals surface area contributed by atoms with Gasteiger partial charge in [-0.1, -0.05) is 0 Å². The molecule has 1 aliphatic rings. The largest absolute Gasteiger partial charge is 0.384 e. The summed E-state index contributed by atoms with van der Waals surface area (Å²) in [6.45, 7) is 3.17. The SMILES string of the molecule is COCC1(CNC(=O)c2cnn3cccnc23)CCNCC1.Cl.Cl. The highest BCUT2D eigenvalue weighted by Crippen LogP contribution is 2.28. The fourth-order valence-electron chi connectivity index (χ4n) is 2.99. The summed E-state index contributed by atoms with van der Waals surface area (Å²) in [5.74, 6) is -0.136. The first-order valence-electron chi connectivity index (χ1n) is 7.50. The van der Waals surface area contributed by atoms with Crippen LogP contribution in [0.1, 0.15) is 23.2 Å². The van der Waals surface area contributed by atoms with E-state index in [1.54, 1.807) is 36.3 Å². The topological polar surface area (TPSA) is 80.5 Å². The molecule has 2 N–H and O–H groups in total. The summed E-state index contributed by atoms with van der Waals surface area (Å²) >= 11 is 0. The summed E-state index contributed by atoms with van der Waals surface area (Å²) in [6, 6.07) is 1.78. The van der Waals surface area contributed by atoms with Crippen LogP contribution in [0.25, 0.3) is 5.65 Å². The second-order valence-electron chi connectivity index (χ2n) is 5.81. The average Bonchev–Trinajstić information content (AvgIpc) is 2.98. The number of fused-ring (bicyclic) bond motifs is 1. The molecule has 0 aliphatic carbocycles. The molecule has 0 saturated carbocycles. The molecule has 9 heteroatoms. The minimum absolute atomic E-state index is 0. The van der Waals surface area contributed by atoms with Crippen LogP contribution in [0.4, 0.5) is 0 Å². The highest BCUT2D eigenvalue weighted by Gasteiger charge is 2.32. The quantitative estimate of drug-likeness (QED) is 0.823. The summed E-state index contributed by atoms with van der Waals surface area (Å²) in [6.07, 6.45) is 6.98. The van der Waals surface area contributed by atoms with Gasteiger partial charge in [0.2, 0.25) is 0 Å². The van der Waals surface area contributed by atoms with Gasteiger partial charge in [-0.2, -0.15) is 5.10 Å². The van der Waals surface area contributed by atoms with Crippen molar-refractivity contribution in [1.82, 2.24) is 25.2 Å². The normalized spacial score (nSPS) is 16.0. The molecule has 134 valence electrons. The lowest BCUT2D eigenvalue weighted by atomic mass is 9.79. The van der Waals surface area contributed by atoms with Gasteiger partial charge in [-0.3, -0.25) is 4.79 Å². The molecule has 0 unspecified atom stereocenters. The second-order valence-corrected chi connectivity index (χ2v) is 5.81. The fourth-order valence-corrected chi connectivity index (χ4v) is 2.99. The van der Waals surface area contributed by atoms with Crippen LogP contribution >= 0.6 is 24.8 Å². The number of hydrogen-bond acceptors (Lipinski definition) is 5. The van der Waals surface area contributed by atoms with Crippen molar-refractivity contribution in [2.75, 3.05) is 33.4 Å². The van der Waals surface area contributed by atoms with Crippen LogP contribution in [-0.4, -0.2) is 53.9 Å². The number of hydrogen-bond donors (Lipinski definition) is 2. The van der Waals surface area contributed by atoms with Gasteiger partial charge in [-0.15, -0.1) is 24.8 Å². The van der Waals surface area contributed by atoms with E-state index in [4.69, 9.17) is 4.74 Å². The predicted octanol–water partition coefficient (Wildman–Crippen LogP) is 1.32. The maximum absolute atomic E-state index is 12.4. The van der Waals surface area contributed by atoms with E-state index in [-0.39, 0.29) is 36.1 Å². The Balaban J connectivity index is 0.00000144. The number of methoxy groups -OCH3 is 1. The lowest BCUT2D eigenvalue weighted by Gasteiger charge is -2.37. The Morgan fingerprint density at radius 2 is 2.17 bits per heavy atom. The number of ether oxygens (including phenoxy) is 1. The molecule has 2 aromatic rings. The van der Waals surface area contributed by atoms with Gasteiger partial charge < -0.3 is 15.4 Å². The maximum Gasteiger partial charge on any atom is 0.256 e. The van der Waals surface area contributed by atoms with Gasteiger partial charge in [0.25, 0.3) is 5.91 Å². The average molecular weight is 376 g/mol. The van der Waals surface area contributed by atoms with E-state index in [2.05, 4.69) is 20.7 Å². The lowest BCUT2D eigenvalue weighted by Crippen LogP contribution is -2.47. The summed E-state index contributed by atoms with van der Waals surface area (Å²) < 4.78 is 6.97. The monoisotopic (exact) mass is 375 g/mol. The number of halogens is 2. The molecule has 7 nitrogen and oxygen atoms in total. The highest BCUT2D eigenvalue weighted by molar-refractivity contribution is 5.99. The zero-order chi connectivity index (χ0) is 15.4. The summed E-state index contributed by atoms with van der Waals surface area (Å²) in [5, 5.41) is 10.5. The van der Waals surface area contributed by atoms with Crippen molar-refractivity contribution in [3.8, 4) is 0 Å². The Morgan fingerprint density at radius 1 is 1.42 bits per heavy atom. The second kappa shape index (κ2) is 9.17. The van der Waals surface area contributed by atoms with Crippen molar-refractivity contribution < 1.29 is 9.53 Å². The number of nitrogens with one attached hydrogen (secondary N) is 2. The van der Waals surface area contributed by atoms with Crippen molar-refractivity contribution in [2.45, 2.75) is 12.8 Å². The van der Waals surface area contributed by atoms with Gasteiger partial charge in [-0.25, -0.2) is 9.50 Å². The molecule has 1 fully saturated rings. The Kier molecular flexibility index (Phi) is 7.89. The van der Waals surface area contributed by atoms with Crippen molar-refractivity contribution in [1.29, 1.82) is 0 Å². The number of piperidine rings is 1. The third-order valence-electron chi connectivity index (χ3n) is 4.26. The molecule has 1 amide bonds. The van der Waals surface area contributed by atoms with E-state index in [0.29, 0.717) is 24.4 Å². The van der Waals surface area contributed by atoms with Gasteiger partial charge >= 0.3 is 0 Å². The van der Waals surface area contributed by atoms with Crippen LogP contribution in [0.15, 0.2) is 24.7 Å². The highest BCUT2D eigenvalue weighted by atomic mass is 35.5. The predicted molar refractivity (Wildman–Crippen MR) is 96.2 cm³/mol. The Hall–Kier alpha value is -1.41. The molecule has 1 aliphatic heterocycles. The van der Waals surface area contributed by atoms with Gasteiger partial charge in [0.05, 0.1) is 12.8 Å². The van der Waals surface area contributed by atoms with Crippen molar-refractivity contribution in [3.05, 3.63) is 30.2 Å². The van der Waals surface area contributed by atoms with E-state index in [0.717, 1.165) is 25.9 Å². The van der Waals surface area contributed by atoms with Gasteiger partial charge in [-0.05, 0) is 32.0 Å². The number of amides is 1. The summed E-state index contributed by atoms with van der Waals surface area (Å²) in [5.41, 5.74) is 1.08. The van der Waals surface area contributed by atoms with E-state index in [1.807, 2.05) is 0 Å². The zero-order valence-corrected chi connectivity index (χ0v) is 15.2. The molecule has 0 bridgehead atoms. The molecule has 2 aromatic heterocycles. The first kappa shape index (κ1) is 20.6. The summed E-state index contributed by atoms with van der Waals surface area (Å²) in [7, 11) is 1.71.